The van der Waals surface area contributed by atoms with Crippen LogP contribution in [-0.2, 0) is 5.54 Å². The van der Waals surface area contributed by atoms with E-state index >= 15 is 0 Å². The highest BCUT2D eigenvalue weighted by Crippen LogP contribution is 2.43. The average molecular weight is 251 g/mol. The molecule has 1 aromatic heterocycles. The molecule has 3 N–H and O–H groups in total. The van der Waals surface area contributed by atoms with Crippen LogP contribution in [0.2, 0.25) is 0 Å². The molecule has 96 valence electrons. The average Bonchev–Trinajstić information content (AvgIpc) is 2.81. The molecule has 3 rings (SSSR count). The van der Waals surface area contributed by atoms with Crippen molar-refractivity contribution in [2.24, 2.45) is 5.73 Å². The molecule has 3 nitrogen and oxygen atoms in total. The Morgan fingerprint density at radius 2 is 1.89 bits per heavy atom. The van der Waals surface area contributed by atoms with E-state index in [1.54, 1.807) is 6.20 Å². The van der Waals surface area contributed by atoms with Gasteiger partial charge in [-0.2, -0.15) is 5.10 Å². The summed E-state index contributed by atoms with van der Waals surface area (Å²) in [4.78, 5) is 0. The number of nitrogens with one attached hydrogen (secondary N) is 1. The van der Waals surface area contributed by atoms with Crippen LogP contribution < -0.4 is 5.73 Å². The van der Waals surface area contributed by atoms with Crippen LogP contribution in [0.4, 0.5) is 8.78 Å². The number of halogens is 2. The monoisotopic (exact) mass is 251 g/mol. The lowest BCUT2D eigenvalue weighted by Gasteiger charge is -2.37. The van der Waals surface area contributed by atoms with E-state index in [-0.39, 0.29) is 12.8 Å². The van der Waals surface area contributed by atoms with Gasteiger partial charge in [0.2, 0.25) is 5.92 Å². The minimum absolute atomic E-state index is 0.145. The molecule has 0 bridgehead atoms. The summed E-state index contributed by atoms with van der Waals surface area (Å²) in [6, 6.07) is 5.74. The summed E-state index contributed by atoms with van der Waals surface area (Å²) in [5, 5.41) is 7.87. The molecule has 0 saturated heterocycles. The first-order chi connectivity index (χ1) is 8.50. The maximum absolute atomic E-state index is 13.2. The third-order valence-corrected chi connectivity index (χ3v) is 3.89. The minimum atomic E-state index is -2.56. The Balaban J connectivity index is 2.02. The number of hydrogen-bond acceptors (Lipinski definition) is 2. The van der Waals surface area contributed by atoms with Gasteiger partial charge in [-0.05, 0) is 18.4 Å². The van der Waals surface area contributed by atoms with Gasteiger partial charge in [0.15, 0.2) is 0 Å². The van der Waals surface area contributed by atoms with Gasteiger partial charge in [-0.15, -0.1) is 0 Å². The molecule has 0 atom stereocenters. The van der Waals surface area contributed by atoms with Crippen molar-refractivity contribution in [1.29, 1.82) is 0 Å². The van der Waals surface area contributed by atoms with Gasteiger partial charge in [0.25, 0.3) is 0 Å². The number of rotatable bonds is 1. The fraction of sp³-hybridized carbons (Fsp3) is 0.462. The number of aromatic amines is 1. The van der Waals surface area contributed by atoms with Gasteiger partial charge in [-0.1, -0.05) is 18.2 Å². The van der Waals surface area contributed by atoms with Gasteiger partial charge in [0.05, 0.1) is 11.7 Å². The van der Waals surface area contributed by atoms with Crippen molar-refractivity contribution in [1.82, 2.24) is 10.2 Å². The van der Waals surface area contributed by atoms with Crippen molar-refractivity contribution in [2.75, 3.05) is 0 Å². The van der Waals surface area contributed by atoms with Crippen LogP contribution in [0.1, 0.15) is 31.2 Å². The summed E-state index contributed by atoms with van der Waals surface area (Å²) >= 11 is 0. The Morgan fingerprint density at radius 3 is 2.61 bits per heavy atom. The summed E-state index contributed by atoms with van der Waals surface area (Å²) in [5.41, 5.74) is 7.43. The molecule has 1 saturated carbocycles. The van der Waals surface area contributed by atoms with E-state index < -0.39 is 11.5 Å². The molecule has 1 aliphatic carbocycles. The maximum atomic E-state index is 13.2. The fourth-order valence-electron chi connectivity index (χ4n) is 2.72. The highest BCUT2D eigenvalue weighted by molar-refractivity contribution is 5.82. The molecule has 0 unspecified atom stereocenters. The quantitative estimate of drug-likeness (QED) is 0.818. The zero-order chi connectivity index (χ0) is 12.8. The molecule has 1 aromatic carbocycles. The lowest BCUT2D eigenvalue weighted by molar-refractivity contribution is -0.0512. The number of benzene rings is 1. The van der Waals surface area contributed by atoms with Crippen molar-refractivity contribution < 1.29 is 8.78 Å². The van der Waals surface area contributed by atoms with Crippen LogP contribution in [0.25, 0.3) is 10.9 Å². The van der Waals surface area contributed by atoms with Crippen molar-refractivity contribution >= 4 is 10.9 Å². The second-order valence-corrected chi connectivity index (χ2v) is 5.15. The Labute approximate surface area is 103 Å². The van der Waals surface area contributed by atoms with Crippen LogP contribution in [0, 0.1) is 0 Å². The number of para-hydroxylation sites is 1. The zero-order valence-electron chi connectivity index (χ0n) is 9.92. The van der Waals surface area contributed by atoms with E-state index in [1.165, 1.54) is 0 Å². The fourth-order valence-corrected chi connectivity index (χ4v) is 2.72. The van der Waals surface area contributed by atoms with Crippen LogP contribution in [0.15, 0.2) is 24.4 Å². The van der Waals surface area contributed by atoms with E-state index in [0.29, 0.717) is 12.8 Å². The number of fused-ring (bicyclic) bond motifs is 1. The summed E-state index contributed by atoms with van der Waals surface area (Å²) in [7, 11) is 0. The lowest BCUT2D eigenvalue weighted by atomic mass is 9.75. The van der Waals surface area contributed by atoms with Gasteiger partial charge in [-0.3, -0.25) is 5.10 Å². The molecule has 1 aliphatic rings. The number of H-pyrrole nitrogens is 1. The first kappa shape index (κ1) is 11.6. The topological polar surface area (TPSA) is 54.7 Å². The molecular weight excluding hydrogens is 236 g/mol. The van der Waals surface area contributed by atoms with Gasteiger partial charge in [0, 0.05) is 23.8 Å². The molecule has 1 heterocycles. The number of nitrogens with zero attached hydrogens (tertiary/aromatic N) is 1. The Morgan fingerprint density at radius 1 is 1.17 bits per heavy atom. The second-order valence-electron chi connectivity index (χ2n) is 5.15. The number of nitrogens with two attached hydrogens (primary N) is 1. The third kappa shape index (κ3) is 1.79. The van der Waals surface area contributed by atoms with Crippen LogP contribution >= 0.6 is 0 Å². The van der Waals surface area contributed by atoms with Gasteiger partial charge in [0.1, 0.15) is 0 Å². The highest BCUT2D eigenvalue weighted by Gasteiger charge is 2.42. The van der Waals surface area contributed by atoms with Crippen molar-refractivity contribution in [2.45, 2.75) is 37.1 Å². The van der Waals surface area contributed by atoms with E-state index in [0.717, 1.165) is 16.5 Å². The summed E-state index contributed by atoms with van der Waals surface area (Å²) < 4.78 is 26.5. The Hall–Kier alpha value is -1.49. The van der Waals surface area contributed by atoms with Crippen LogP contribution in [0.5, 0.6) is 0 Å². The van der Waals surface area contributed by atoms with E-state index in [2.05, 4.69) is 10.2 Å². The number of aromatic nitrogens is 2. The standard InChI is InChI=1S/C13H15F2N3/c14-13(15)6-4-12(16,5-7-13)10-3-1-2-9-8-17-18-11(9)10/h1-3,8H,4-7,16H2,(H,17,18). The maximum Gasteiger partial charge on any atom is 0.248 e. The molecule has 0 amide bonds. The Kier molecular flexibility index (Phi) is 2.41. The van der Waals surface area contributed by atoms with Crippen LogP contribution in [0.3, 0.4) is 0 Å². The molecule has 0 radical (unpaired) electrons. The van der Waals surface area contributed by atoms with Gasteiger partial charge >= 0.3 is 0 Å². The molecule has 2 aromatic rings. The lowest BCUT2D eigenvalue weighted by Crippen LogP contribution is -2.43. The first-order valence-electron chi connectivity index (χ1n) is 6.10. The predicted octanol–water partition coefficient (Wildman–Crippen LogP) is 2.93. The minimum Gasteiger partial charge on any atom is -0.321 e. The number of hydrogen-bond donors (Lipinski definition) is 2. The molecule has 5 heteroatoms. The molecule has 1 fully saturated rings. The zero-order valence-corrected chi connectivity index (χ0v) is 9.92. The Bertz CT molecular complexity index is 566. The van der Waals surface area contributed by atoms with E-state index in [4.69, 9.17) is 5.73 Å². The largest absolute Gasteiger partial charge is 0.321 e. The SMILES string of the molecule is NC1(c2cccc3cn[nH]c23)CCC(F)(F)CC1. The summed E-state index contributed by atoms with van der Waals surface area (Å²) in [6.45, 7) is 0. The number of alkyl halides is 2. The summed E-state index contributed by atoms with van der Waals surface area (Å²) in [5.74, 6) is -2.56. The normalized spacial score (nSPS) is 22.2. The van der Waals surface area contributed by atoms with Crippen molar-refractivity contribution in [3.63, 3.8) is 0 Å². The second kappa shape index (κ2) is 3.75. The van der Waals surface area contributed by atoms with Crippen LogP contribution in [-0.4, -0.2) is 16.1 Å². The predicted molar refractivity (Wildman–Crippen MR) is 65.4 cm³/mol. The molecule has 0 aliphatic heterocycles. The third-order valence-electron chi connectivity index (χ3n) is 3.89. The molecule has 0 spiro atoms. The van der Waals surface area contributed by atoms with Crippen molar-refractivity contribution in [3.8, 4) is 0 Å². The molecular formula is C13H15F2N3. The van der Waals surface area contributed by atoms with Gasteiger partial charge < -0.3 is 5.73 Å². The van der Waals surface area contributed by atoms with Crippen molar-refractivity contribution in [3.05, 3.63) is 30.0 Å². The van der Waals surface area contributed by atoms with E-state index in [9.17, 15) is 8.78 Å². The summed E-state index contributed by atoms with van der Waals surface area (Å²) in [6.07, 6.45) is 2.04. The van der Waals surface area contributed by atoms with E-state index in [1.807, 2.05) is 18.2 Å². The first-order valence-corrected chi connectivity index (χ1v) is 6.10. The van der Waals surface area contributed by atoms with Gasteiger partial charge in [-0.25, -0.2) is 8.78 Å². The highest BCUT2D eigenvalue weighted by atomic mass is 19.3. The smallest absolute Gasteiger partial charge is 0.248 e. The molecule has 18 heavy (non-hydrogen) atoms.